The Morgan fingerprint density at radius 1 is 1.14 bits per heavy atom. The third-order valence-electron chi connectivity index (χ3n) is 3.09. The third-order valence-corrected chi connectivity index (χ3v) is 3.09. The predicted molar refractivity (Wildman–Crippen MR) is 80.2 cm³/mol. The van der Waals surface area contributed by atoms with Gasteiger partial charge in [0.1, 0.15) is 23.7 Å². The summed E-state index contributed by atoms with van der Waals surface area (Å²) < 4.78 is 18.1. The van der Waals surface area contributed by atoms with Crippen molar-refractivity contribution in [3.05, 3.63) is 48.5 Å². The number of halogens is 1. The van der Waals surface area contributed by atoms with Crippen LogP contribution in [0.4, 0.5) is 21.6 Å². The third kappa shape index (κ3) is 2.55. The van der Waals surface area contributed by atoms with Gasteiger partial charge in [0.25, 0.3) is 0 Å². The van der Waals surface area contributed by atoms with Gasteiger partial charge in [0.05, 0.1) is 18.3 Å². The molecule has 0 atom stereocenters. The summed E-state index contributed by atoms with van der Waals surface area (Å²) in [4.78, 5) is 8.41. The van der Waals surface area contributed by atoms with E-state index in [-0.39, 0.29) is 5.82 Å². The Morgan fingerprint density at radius 2 is 1.90 bits per heavy atom. The van der Waals surface area contributed by atoms with E-state index >= 15 is 0 Å². The molecule has 0 aliphatic carbocycles. The number of ether oxygens (including phenoxy) is 1. The molecule has 0 aliphatic rings. The van der Waals surface area contributed by atoms with Crippen molar-refractivity contribution < 1.29 is 9.13 Å². The Kier molecular flexibility index (Phi) is 3.27. The van der Waals surface area contributed by atoms with E-state index in [1.807, 2.05) is 0 Å². The van der Waals surface area contributed by atoms with Gasteiger partial charge in [-0.05, 0) is 30.3 Å². The Bertz CT molecular complexity index is 790. The van der Waals surface area contributed by atoms with Crippen LogP contribution < -0.4 is 15.8 Å². The highest BCUT2D eigenvalue weighted by Gasteiger charge is 2.08. The quantitative estimate of drug-likeness (QED) is 0.723. The molecule has 0 fully saturated rings. The van der Waals surface area contributed by atoms with Crippen molar-refractivity contribution in [3.63, 3.8) is 0 Å². The van der Waals surface area contributed by atoms with Gasteiger partial charge in [-0.15, -0.1) is 0 Å². The summed E-state index contributed by atoms with van der Waals surface area (Å²) in [7, 11) is 1.55. The number of nitrogens with two attached hydrogens (primary N) is 1. The molecule has 106 valence electrons. The molecule has 0 radical (unpaired) electrons. The van der Waals surface area contributed by atoms with E-state index in [2.05, 4.69) is 15.3 Å². The van der Waals surface area contributed by atoms with Crippen LogP contribution in [0.15, 0.2) is 42.7 Å². The van der Waals surface area contributed by atoms with E-state index in [0.717, 1.165) is 11.1 Å². The first-order chi connectivity index (χ1) is 10.2. The van der Waals surface area contributed by atoms with E-state index in [1.54, 1.807) is 31.4 Å². The van der Waals surface area contributed by atoms with E-state index < -0.39 is 0 Å². The number of fused-ring (bicyclic) bond motifs is 1. The monoisotopic (exact) mass is 284 g/mol. The average Bonchev–Trinajstić information content (AvgIpc) is 2.49. The molecule has 0 aliphatic heterocycles. The number of benzene rings is 2. The fourth-order valence-electron chi connectivity index (χ4n) is 2.05. The summed E-state index contributed by atoms with van der Waals surface area (Å²) in [5.74, 6) is 0.872. The van der Waals surface area contributed by atoms with Crippen LogP contribution in [0.1, 0.15) is 0 Å². The number of rotatable bonds is 3. The molecule has 3 N–H and O–H groups in total. The van der Waals surface area contributed by atoms with E-state index in [1.165, 1.54) is 18.5 Å². The molecule has 3 aromatic rings. The molecule has 0 spiro atoms. The highest BCUT2D eigenvalue weighted by Crippen LogP contribution is 2.30. The molecule has 0 unspecified atom stereocenters. The van der Waals surface area contributed by atoms with Gasteiger partial charge in [0.2, 0.25) is 0 Å². The van der Waals surface area contributed by atoms with Crippen molar-refractivity contribution in [1.82, 2.24) is 9.97 Å². The van der Waals surface area contributed by atoms with Gasteiger partial charge >= 0.3 is 0 Å². The van der Waals surface area contributed by atoms with Crippen molar-refractivity contribution in [2.75, 3.05) is 18.2 Å². The molecule has 1 aromatic heterocycles. The Balaban J connectivity index is 2.06. The molecule has 5 nitrogen and oxygen atoms in total. The zero-order valence-electron chi connectivity index (χ0n) is 11.3. The van der Waals surface area contributed by atoms with Crippen LogP contribution in [0.25, 0.3) is 10.9 Å². The lowest BCUT2D eigenvalue weighted by atomic mass is 10.2. The zero-order chi connectivity index (χ0) is 14.8. The van der Waals surface area contributed by atoms with E-state index in [9.17, 15) is 4.39 Å². The average molecular weight is 284 g/mol. The Labute approximate surface area is 120 Å². The number of hydrogen-bond acceptors (Lipinski definition) is 5. The molecule has 0 amide bonds. The number of aromatic nitrogens is 2. The fourth-order valence-corrected chi connectivity index (χ4v) is 2.05. The van der Waals surface area contributed by atoms with Crippen LogP contribution in [0, 0.1) is 5.82 Å². The molecule has 21 heavy (non-hydrogen) atoms. The minimum absolute atomic E-state index is 0.290. The molecule has 0 saturated heterocycles. The summed E-state index contributed by atoms with van der Waals surface area (Å²) in [6.45, 7) is 0. The summed E-state index contributed by atoms with van der Waals surface area (Å²) in [5.41, 5.74) is 7.86. The number of nitrogen functional groups attached to an aromatic ring is 1. The standard InChI is InChI=1S/C15H13FN4O/c1-21-14-7-13-11(6-12(14)17)15(19-8-18-13)20-10-4-2-9(16)3-5-10/h2-8H,17H2,1H3,(H,18,19,20). The summed E-state index contributed by atoms with van der Waals surface area (Å²) >= 11 is 0. The largest absolute Gasteiger partial charge is 0.495 e. The molecule has 6 heteroatoms. The maximum Gasteiger partial charge on any atom is 0.143 e. The Morgan fingerprint density at radius 3 is 2.62 bits per heavy atom. The summed E-state index contributed by atoms with van der Waals surface area (Å²) in [6.07, 6.45) is 1.45. The SMILES string of the molecule is COc1cc2ncnc(Nc3ccc(F)cc3)c2cc1N. The number of anilines is 3. The topological polar surface area (TPSA) is 73.1 Å². The molecular weight excluding hydrogens is 271 g/mol. The number of nitrogens with zero attached hydrogens (tertiary/aromatic N) is 2. The van der Waals surface area contributed by atoms with Gasteiger partial charge < -0.3 is 15.8 Å². The first kappa shape index (κ1) is 13.1. The van der Waals surface area contributed by atoms with Crippen molar-refractivity contribution >= 4 is 28.1 Å². The van der Waals surface area contributed by atoms with Gasteiger partial charge in [0, 0.05) is 17.1 Å². The molecule has 3 rings (SSSR count). The van der Waals surface area contributed by atoms with Crippen molar-refractivity contribution in [3.8, 4) is 5.75 Å². The maximum atomic E-state index is 12.9. The van der Waals surface area contributed by atoms with Crippen LogP contribution in [-0.4, -0.2) is 17.1 Å². The number of methoxy groups -OCH3 is 1. The summed E-state index contributed by atoms with van der Waals surface area (Å²) in [6, 6.07) is 9.53. The predicted octanol–water partition coefficient (Wildman–Crippen LogP) is 3.10. The minimum Gasteiger partial charge on any atom is -0.495 e. The van der Waals surface area contributed by atoms with Gasteiger partial charge in [-0.25, -0.2) is 14.4 Å². The lowest BCUT2D eigenvalue weighted by molar-refractivity contribution is 0.417. The van der Waals surface area contributed by atoms with Gasteiger partial charge in [-0.1, -0.05) is 0 Å². The minimum atomic E-state index is -0.290. The molecular formula is C15H13FN4O. The molecule has 0 bridgehead atoms. The van der Waals surface area contributed by atoms with E-state index in [0.29, 0.717) is 22.8 Å². The van der Waals surface area contributed by atoms with Crippen LogP contribution in [0.2, 0.25) is 0 Å². The van der Waals surface area contributed by atoms with Crippen LogP contribution in [0.3, 0.4) is 0 Å². The van der Waals surface area contributed by atoms with Gasteiger partial charge in [-0.3, -0.25) is 0 Å². The highest BCUT2D eigenvalue weighted by atomic mass is 19.1. The van der Waals surface area contributed by atoms with Crippen LogP contribution in [0.5, 0.6) is 5.75 Å². The lowest BCUT2D eigenvalue weighted by Crippen LogP contribution is -1.98. The second-order valence-corrected chi connectivity index (χ2v) is 4.47. The van der Waals surface area contributed by atoms with Crippen molar-refractivity contribution in [2.45, 2.75) is 0 Å². The maximum absolute atomic E-state index is 12.9. The zero-order valence-corrected chi connectivity index (χ0v) is 11.3. The first-order valence-corrected chi connectivity index (χ1v) is 6.28. The van der Waals surface area contributed by atoms with Crippen molar-refractivity contribution in [2.24, 2.45) is 0 Å². The number of hydrogen-bond donors (Lipinski definition) is 2. The second kappa shape index (κ2) is 5.24. The first-order valence-electron chi connectivity index (χ1n) is 6.28. The second-order valence-electron chi connectivity index (χ2n) is 4.47. The molecule has 0 saturated carbocycles. The fraction of sp³-hybridized carbons (Fsp3) is 0.0667. The highest BCUT2D eigenvalue weighted by molar-refractivity contribution is 5.94. The Hall–Kier alpha value is -2.89. The smallest absolute Gasteiger partial charge is 0.143 e. The lowest BCUT2D eigenvalue weighted by Gasteiger charge is -2.10. The van der Waals surface area contributed by atoms with Gasteiger partial charge in [0.15, 0.2) is 0 Å². The van der Waals surface area contributed by atoms with Crippen molar-refractivity contribution in [1.29, 1.82) is 0 Å². The van der Waals surface area contributed by atoms with Gasteiger partial charge in [-0.2, -0.15) is 0 Å². The number of nitrogens with one attached hydrogen (secondary N) is 1. The molecule has 2 aromatic carbocycles. The summed E-state index contributed by atoms with van der Waals surface area (Å²) in [5, 5.41) is 3.89. The normalized spacial score (nSPS) is 10.6. The van der Waals surface area contributed by atoms with E-state index in [4.69, 9.17) is 10.5 Å². The van der Waals surface area contributed by atoms with Crippen LogP contribution in [-0.2, 0) is 0 Å². The molecule has 1 heterocycles. The van der Waals surface area contributed by atoms with Crippen LogP contribution >= 0.6 is 0 Å².